The normalized spacial score (nSPS) is 12.2. The van der Waals surface area contributed by atoms with Crippen molar-refractivity contribution < 1.29 is 14.3 Å². The smallest absolute Gasteiger partial charge is 0.153 e. The van der Waals surface area contributed by atoms with Gasteiger partial charge in [0.1, 0.15) is 5.75 Å². The average molecular weight is 251 g/mol. The molecule has 0 saturated heterocycles. The Morgan fingerprint density at radius 3 is 2.83 bits per heavy atom. The maximum atomic E-state index is 11.9. The van der Waals surface area contributed by atoms with Crippen molar-refractivity contribution in [2.75, 3.05) is 20.8 Å². The summed E-state index contributed by atoms with van der Waals surface area (Å²) in [6.07, 6.45) is 1.82. The average Bonchev–Trinajstić information content (AvgIpc) is 2.39. The van der Waals surface area contributed by atoms with Crippen LogP contribution in [0.2, 0.25) is 0 Å². The van der Waals surface area contributed by atoms with Crippen molar-refractivity contribution in [1.82, 2.24) is 0 Å². The van der Waals surface area contributed by atoms with Gasteiger partial charge in [0.15, 0.2) is 5.78 Å². The van der Waals surface area contributed by atoms with Crippen LogP contribution in [0, 0.1) is 0 Å². The van der Waals surface area contributed by atoms with Gasteiger partial charge in [0.2, 0.25) is 0 Å². The van der Waals surface area contributed by atoms with E-state index in [1.54, 1.807) is 14.2 Å². The predicted molar refractivity (Wildman–Crippen MR) is 70.8 cm³/mol. The Balaban J connectivity index is 2.47. The molecule has 4 nitrogen and oxygen atoms in total. The lowest BCUT2D eigenvalue weighted by Crippen LogP contribution is -2.32. The van der Waals surface area contributed by atoms with E-state index < -0.39 is 6.04 Å². The van der Waals surface area contributed by atoms with Gasteiger partial charge in [-0.05, 0) is 30.5 Å². The summed E-state index contributed by atoms with van der Waals surface area (Å²) >= 11 is 0. The number of Topliss-reactive ketones (excluding diaryl/α,β-unsaturated/α-hetero) is 1. The molecule has 0 aliphatic rings. The molecular weight excluding hydrogens is 230 g/mol. The summed E-state index contributed by atoms with van der Waals surface area (Å²) in [6.45, 7) is 0.639. The molecule has 0 aliphatic heterocycles. The summed E-state index contributed by atoms with van der Waals surface area (Å²) in [7, 11) is 3.25. The molecule has 1 unspecified atom stereocenters. The Morgan fingerprint density at radius 2 is 2.17 bits per heavy atom. The van der Waals surface area contributed by atoms with Crippen LogP contribution < -0.4 is 10.5 Å². The van der Waals surface area contributed by atoms with Crippen LogP contribution in [0.15, 0.2) is 24.3 Å². The molecule has 4 heteroatoms. The first kappa shape index (κ1) is 14.7. The molecule has 0 fully saturated rings. The summed E-state index contributed by atoms with van der Waals surface area (Å²) < 4.78 is 10.1. The highest BCUT2D eigenvalue weighted by Crippen LogP contribution is 2.13. The second-order valence-electron chi connectivity index (χ2n) is 4.24. The number of ketones is 1. The molecular formula is C14H21NO3. The number of hydrogen-bond donors (Lipinski definition) is 1. The van der Waals surface area contributed by atoms with Crippen molar-refractivity contribution in [1.29, 1.82) is 0 Å². The van der Waals surface area contributed by atoms with E-state index in [0.29, 0.717) is 19.4 Å². The van der Waals surface area contributed by atoms with E-state index in [1.807, 2.05) is 24.3 Å². The molecule has 100 valence electrons. The van der Waals surface area contributed by atoms with E-state index in [1.165, 1.54) is 0 Å². The highest BCUT2D eigenvalue weighted by Gasteiger charge is 2.13. The van der Waals surface area contributed by atoms with Gasteiger partial charge in [-0.1, -0.05) is 12.1 Å². The van der Waals surface area contributed by atoms with E-state index in [2.05, 4.69) is 0 Å². The van der Waals surface area contributed by atoms with Crippen LogP contribution in [0.1, 0.15) is 18.4 Å². The number of methoxy groups -OCH3 is 2. The van der Waals surface area contributed by atoms with Gasteiger partial charge in [-0.3, -0.25) is 4.79 Å². The third-order valence-corrected chi connectivity index (χ3v) is 2.79. The fraction of sp³-hybridized carbons (Fsp3) is 0.500. The molecule has 0 heterocycles. The fourth-order valence-corrected chi connectivity index (χ4v) is 1.72. The molecule has 1 rings (SSSR count). The molecule has 18 heavy (non-hydrogen) atoms. The largest absolute Gasteiger partial charge is 0.497 e. The maximum absolute atomic E-state index is 11.9. The van der Waals surface area contributed by atoms with Gasteiger partial charge in [-0.25, -0.2) is 0 Å². The number of rotatable bonds is 8. The molecule has 0 aromatic heterocycles. The van der Waals surface area contributed by atoms with Crippen molar-refractivity contribution >= 4 is 5.78 Å². The van der Waals surface area contributed by atoms with Gasteiger partial charge in [-0.2, -0.15) is 0 Å². The Bertz CT molecular complexity index is 379. The van der Waals surface area contributed by atoms with Crippen molar-refractivity contribution in [3.8, 4) is 5.75 Å². The first-order valence-electron chi connectivity index (χ1n) is 6.07. The van der Waals surface area contributed by atoms with Crippen LogP contribution in [-0.2, 0) is 16.0 Å². The third-order valence-electron chi connectivity index (χ3n) is 2.79. The monoisotopic (exact) mass is 251 g/mol. The maximum Gasteiger partial charge on any atom is 0.153 e. The van der Waals surface area contributed by atoms with Crippen LogP contribution in [0.5, 0.6) is 5.75 Å². The quantitative estimate of drug-likeness (QED) is 0.712. The molecule has 0 radical (unpaired) electrons. The molecule has 0 saturated carbocycles. The Kier molecular flexibility index (Phi) is 6.39. The minimum atomic E-state index is -0.411. The Labute approximate surface area is 108 Å². The van der Waals surface area contributed by atoms with E-state index >= 15 is 0 Å². The molecule has 1 atom stereocenters. The second-order valence-corrected chi connectivity index (χ2v) is 4.24. The lowest BCUT2D eigenvalue weighted by molar-refractivity contribution is -0.119. The number of hydrogen-bond acceptors (Lipinski definition) is 4. The van der Waals surface area contributed by atoms with Gasteiger partial charge in [0.05, 0.1) is 13.2 Å². The molecule has 1 aromatic rings. The molecule has 0 aliphatic carbocycles. The summed E-state index contributed by atoms with van der Waals surface area (Å²) in [5.41, 5.74) is 6.77. The van der Waals surface area contributed by atoms with E-state index in [4.69, 9.17) is 15.2 Å². The summed E-state index contributed by atoms with van der Waals surface area (Å²) in [6, 6.07) is 7.08. The molecule has 0 amide bonds. The second kappa shape index (κ2) is 7.84. The number of nitrogens with two attached hydrogens (primary N) is 1. The number of benzene rings is 1. The van der Waals surface area contributed by atoms with Gasteiger partial charge in [-0.15, -0.1) is 0 Å². The molecule has 1 aromatic carbocycles. The van der Waals surface area contributed by atoms with Gasteiger partial charge in [0.25, 0.3) is 0 Å². The van der Waals surface area contributed by atoms with Crippen LogP contribution in [0.25, 0.3) is 0 Å². The number of carbonyl (C=O) groups is 1. The Hall–Kier alpha value is -1.39. The van der Waals surface area contributed by atoms with Crippen molar-refractivity contribution in [3.63, 3.8) is 0 Å². The standard InChI is InChI=1S/C14H21NO3/c1-17-8-4-7-13(15)14(16)10-11-5-3-6-12(9-11)18-2/h3,5-6,9,13H,4,7-8,10,15H2,1-2H3. The van der Waals surface area contributed by atoms with Gasteiger partial charge in [0, 0.05) is 20.1 Å². The van der Waals surface area contributed by atoms with Crippen LogP contribution in [-0.4, -0.2) is 32.7 Å². The minimum Gasteiger partial charge on any atom is -0.497 e. The molecule has 0 bridgehead atoms. The number of carbonyl (C=O) groups excluding carboxylic acids is 1. The summed E-state index contributed by atoms with van der Waals surface area (Å²) in [5.74, 6) is 0.813. The van der Waals surface area contributed by atoms with Crippen molar-refractivity contribution in [2.24, 2.45) is 5.73 Å². The van der Waals surface area contributed by atoms with Crippen LogP contribution in [0.3, 0.4) is 0 Å². The van der Waals surface area contributed by atoms with E-state index in [-0.39, 0.29) is 5.78 Å². The first-order chi connectivity index (χ1) is 8.67. The zero-order valence-corrected chi connectivity index (χ0v) is 11.0. The lowest BCUT2D eigenvalue weighted by atomic mass is 10.0. The third kappa shape index (κ3) is 4.85. The van der Waals surface area contributed by atoms with E-state index in [9.17, 15) is 4.79 Å². The van der Waals surface area contributed by atoms with Crippen LogP contribution >= 0.6 is 0 Å². The van der Waals surface area contributed by atoms with Gasteiger partial charge < -0.3 is 15.2 Å². The number of ether oxygens (including phenoxy) is 2. The highest BCUT2D eigenvalue weighted by atomic mass is 16.5. The SMILES string of the molecule is COCCCC(N)C(=O)Cc1cccc(OC)c1. The van der Waals surface area contributed by atoms with Crippen molar-refractivity contribution in [3.05, 3.63) is 29.8 Å². The molecule has 0 spiro atoms. The summed E-state index contributed by atoms with van der Waals surface area (Å²) in [5, 5.41) is 0. The minimum absolute atomic E-state index is 0.0550. The zero-order valence-electron chi connectivity index (χ0n) is 11.0. The first-order valence-corrected chi connectivity index (χ1v) is 6.07. The van der Waals surface area contributed by atoms with Crippen LogP contribution in [0.4, 0.5) is 0 Å². The topological polar surface area (TPSA) is 61.5 Å². The van der Waals surface area contributed by atoms with Gasteiger partial charge >= 0.3 is 0 Å². The van der Waals surface area contributed by atoms with E-state index in [0.717, 1.165) is 17.7 Å². The summed E-state index contributed by atoms with van der Waals surface area (Å²) in [4.78, 5) is 11.9. The zero-order chi connectivity index (χ0) is 13.4. The highest BCUT2D eigenvalue weighted by molar-refractivity contribution is 5.85. The Morgan fingerprint density at radius 1 is 1.39 bits per heavy atom. The predicted octanol–water partition coefficient (Wildman–Crippen LogP) is 1.56. The van der Waals surface area contributed by atoms with Crippen molar-refractivity contribution in [2.45, 2.75) is 25.3 Å². The molecule has 2 N–H and O–H groups in total. The lowest BCUT2D eigenvalue weighted by Gasteiger charge is -2.10. The fourth-order valence-electron chi connectivity index (χ4n) is 1.72.